The van der Waals surface area contributed by atoms with Gasteiger partial charge in [-0.25, -0.2) is 0 Å². The van der Waals surface area contributed by atoms with Gasteiger partial charge in [0.1, 0.15) is 0 Å². The van der Waals surface area contributed by atoms with Crippen molar-refractivity contribution < 1.29 is 4.79 Å². The fourth-order valence-corrected chi connectivity index (χ4v) is 3.88. The van der Waals surface area contributed by atoms with Crippen LogP contribution in [-0.2, 0) is 4.79 Å². The molecule has 1 aliphatic heterocycles. The van der Waals surface area contributed by atoms with Gasteiger partial charge in [-0.1, -0.05) is 13.8 Å². The van der Waals surface area contributed by atoms with E-state index < -0.39 is 0 Å². The molecule has 98 valence electrons. The number of hydrogen-bond acceptors (Lipinski definition) is 2. The molecule has 2 rings (SSSR count). The van der Waals surface area contributed by atoms with Crippen molar-refractivity contribution in [3.8, 4) is 0 Å². The first-order chi connectivity index (χ1) is 8.01. The topological polar surface area (TPSA) is 29.1 Å². The van der Waals surface area contributed by atoms with Crippen LogP contribution in [-0.4, -0.2) is 17.9 Å². The van der Waals surface area contributed by atoms with E-state index in [1.807, 2.05) is 0 Å². The molecule has 2 aliphatic rings. The molecule has 1 aliphatic carbocycles. The quantitative estimate of drug-likeness (QED) is 0.799. The van der Waals surface area contributed by atoms with E-state index in [0.29, 0.717) is 11.7 Å². The van der Waals surface area contributed by atoms with Crippen LogP contribution in [0.4, 0.5) is 0 Å². The van der Waals surface area contributed by atoms with Crippen LogP contribution in [0.25, 0.3) is 0 Å². The minimum Gasteiger partial charge on any atom is -0.305 e. The van der Waals surface area contributed by atoms with Gasteiger partial charge in [0.05, 0.1) is 5.54 Å². The number of carbonyl (C=O) groups excluding carboxylic acids is 1. The van der Waals surface area contributed by atoms with Crippen molar-refractivity contribution >= 4 is 5.78 Å². The molecular weight excluding hydrogens is 210 g/mol. The highest BCUT2D eigenvalue weighted by Gasteiger charge is 2.40. The molecule has 0 aromatic heterocycles. The Bertz CT molecular complexity index is 271. The maximum absolute atomic E-state index is 12.7. The van der Waals surface area contributed by atoms with Gasteiger partial charge in [0.2, 0.25) is 0 Å². The third-order valence-corrected chi connectivity index (χ3v) is 4.71. The summed E-state index contributed by atoms with van der Waals surface area (Å²) in [6, 6.07) is 0. The van der Waals surface area contributed by atoms with Crippen LogP contribution < -0.4 is 5.32 Å². The third-order valence-electron chi connectivity index (χ3n) is 4.71. The predicted molar refractivity (Wildman–Crippen MR) is 70.9 cm³/mol. The largest absolute Gasteiger partial charge is 0.305 e. The summed E-state index contributed by atoms with van der Waals surface area (Å²) in [5, 5.41) is 3.47. The molecule has 2 heteroatoms. The summed E-state index contributed by atoms with van der Waals surface area (Å²) in [5.41, 5.74) is -0.223. The first kappa shape index (κ1) is 13.1. The van der Waals surface area contributed by atoms with Crippen LogP contribution >= 0.6 is 0 Å². The Morgan fingerprint density at radius 3 is 2.29 bits per heavy atom. The van der Waals surface area contributed by atoms with E-state index in [-0.39, 0.29) is 5.54 Å². The third kappa shape index (κ3) is 2.90. The van der Waals surface area contributed by atoms with Crippen LogP contribution in [0.5, 0.6) is 0 Å². The fourth-order valence-electron chi connectivity index (χ4n) is 3.88. The van der Waals surface area contributed by atoms with Crippen LogP contribution in [0.15, 0.2) is 0 Å². The molecule has 2 nitrogen and oxygen atoms in total. The molecule has 0 radical (unpaired) electrons. The van der Waals surface area contributed by atoms with Crippen LogP contribution in [0.3, 0.4) is 0 Å². The molecule has 0 spiro atoms. The zero-order chi connectivity index (χ0) is 12.5. The van der Waals surface area contributed by atoms with Gasteiger partial charge >= 0.3 is 0 Å². The van der Waals surface area contributed by atoms with Gasteiger partial charge < -0.3 is 5.32 Å². The van der Waals surface area contributed by atoms with Crippen molar-refractivity contribution in [3.63, 3.8) is 0 Å². The van der Waals surface area contributed by atoms with Crippen molar-refractivity contribution in [2.75, 3.05) is 6.54 Å². The summed E-state index contributed by atoms with van der Waals surface area (Å²) in [6.07, 6.45) is 6.98. The SMILES string of the molecule is CC1CC(C)CC(C(=O)C2(C)CCCCN2)C1. The van der Waals surface area contributed by atoms with Gasteiger partial charge in [0.15, 0.2) is 5.78 Å². The highest BCUT2D eigenvalue weighted by molar-refractivity contribution is 5.90. The molecule has 1 heterocycles. The van der Waals surface area contributed by atoms with Crippen LogP contribution in [0, 0.1) is 17.8 Å². The van der Waals surface area contributed by atoms with Crippen molar-refractivity contribution in [2.45, 2.75) is 64.8 Å². The highest BCUT2D eigenvalue weighted by Crippen LogP contribution is 2.36. The number of piperidine rings is 1. The van der Waals surface area contributed by atoms with Crippen molar-refractivity contribution in [1.29, 1.82) is 0 Å². The second-order valence-electron chi connectivity index (χ2n) is 6.69. The van der Waals surface area contributed by atoms with Crippen LogP contribution in [0.1, 0.15) is 59.3 Å². The summed E-state index contributed by atoms with van der Waals surface area (Å²) in [7, 11) is 0. The number of rotatable bonds is 2. The summed E-state index contributed by atoms with van der Waals surface area (Å²) in [4.78, 5) is 12.7. The van der Waals surface area contributed by atoms with E-state index >= 15 is 0 Å². The normalized spacial score (nSPS) is 43.4. The molecule has 2 fully saturated rings. The summed E-state index contributed by atoms with van der Waals surface area (Å²) < 4.78 is 0. The molecule has 1 N–H and O–H groups in total. The van der Waals surface area contributed by atoms with Gasteiger partial charge in [-0.3, -0.25) is 4.79 Å². The first-order valence-corrected chi connectivity index (χ1v) is 7.30. The number of Topliss-reactive ketones (excluding diaryl/α,β-unsaturated/α-hetero) is 1. The Labute approximate surface area is 106 Å². The predicted octanol–water partition coefficient (Wildman–Crippen LogP) is 3.16. The molecule has 0 bridgehead atoms. The molecular formula is C15H27NO. The lowest BCUT2D eigenvalue weighted by Gasteiger charge is -2.39. The van der Waals surface area contributed by atoms with Crippen molar-refractivity contribution in [3.05, 3.63) is 0 Å². The molecule has 3 atom stereocenters. The van der Waals surface area contributed by atoms with Gasteiger partial charge in [0, 0.05) is 5.92 Å². The Morgan fingerprint density at radius 1 is 1.12 bits per heavy atom. The van der Waals surface area contributed by atoms with E-state index in [9.17, 15) is 4.79 Å². The zero-order valence-corrected chi connectivity index (χ0v) is 11.6. The number of hydrogen-bond donors (Lipinski definition) is 1. The minimum absolute atomic E-state index is 0.223. The van der Waals surface area contributed by atoms with Crippen molar-refractivity contribution in [2.24, 2.45) is 17.8 Å². The van der Waals surface area contributed by atoms with Crippen LogP contribution in [0.2, 0.25) is 0 Å². The van der Waals surface area contributed by atoms with E-state index in [4.69, 9.17) is 0 Å². The van der Waals surface area contributed by atoms with Gasteiger partial charge in [-0.2, -0.15) is 0 Å². The lowest BCUT2D eigenvalue weighted by molar-refractivity contribution is -0.131. The molecule has 0 aromatic rings. The first-order valence-electron chi connectivity index (χ1n) is 7.30. The van der Waals surface area contributed by atoms with Gasteiger partial charge in [-0.05, 0) is 63.8 Å². The molecule has 0 aromatic carbocycles. The van der Waals surface area contributed by atoms with Gasteiger partial charge in [-0.15, -0.1) is 0 Å². The monoisotopic (exact) mass is 237 g/mol. The molecule has 1 saturated heterocycles. The lowest BCUT2D eigenvalue weighted by atomic mass is 9.70. The Kier molecular flexibility index (Phi) is 3.92. The number of nitrogens with one attached hydrogen (secondary N) is 1. The average molecular weight is 237 g/mol. The average Bonchev–Trinajstić information content (AvgIpc) is 2.27. The fraction of sp³-hybridized carbons (Fsp3) is 0.933. The zero-order valence-electron chi connectivity index (χ0n) is 11.6. The summed E-state index contributed by atoms with van der Waals surface area (Å²) >= 11 is 0. The molecule has 1 saturated carbocycles. The Balaban J connectivity index is 2.03. The van der Waals surface area contributed by atoms with Crippen molar-refractivity contribution in [1.82, 2.24) is 5.32 Å². The minimum atomic E-state index is -0.223. The summed E-state index contributed by atoms with van der Waals surface area (Å²) in [5.74, 6) is 2.25. The Hall–Kier alpha value is -0.370. The van der Waals surface area contributed by atoms with E-state index in [0.717, 1.165) is 37.6 Å². The molecule has 17 heavy (non-hydrogen) atoms. The second-order valence-corrected chi connectivity index (χ2v) is 6.69. The molecule has 0 amide bonds. The van der Waals surface area contributed by atoms with E-state index in [1.165, 1.54) is 19.3 Å². The summed E-state index contributed by atoms with van der Waals surface area (Å²) in [6.45, 7) is 7.73. The van der Waals surface area contributed by atoms with Gasteiger partial charge in [0.25, 0.3) is 0 Å². The maximum atomic E-state index is 12.7. The standard InChI is InChI=1S/C15H27NO/c1-11-8-12(2)10-13(9-11)14(17)15(3)6-4-5-7-16-15/h11-13,16H,4-10H2,1-3H3. The number of ketones is 1. The van der Waals surface area contributed by atoms with E-state index in [2.05, 4.69) is 26.1 Å². The smallest absolute Gasteiger partial charge is 0.155 e. The second kappa shape index (κ2) is 5.09. The Morgan fingerprint density at radius 2 is 1.76 bits per heavy atom. The molecule has 3 unspecified atom stereocenters. The number of carbonyl (C=O) groups is 1. The van der Waals surface area contributed by atoms with E-state index in [1.54, 1.807) is 0 Å². The lowest BCUT2D eigenvalue weighted by Crippen LogP contribution is -2.55. The highest BCUT2D eigenvalue weighted by atomic mass is 16.1. The maximum Gasteiger partial charge on any atom is 0.155 e.